The van der Waals surface area contributed by atoms with Crippen LogP contribution in [0.1, 0.15) is 54.9 Å². The van der Waals surface area contributed by atoms with Gasteiger partial charge in [-0.25, -0.2) is 4.79 Å². The summed E-state index contributed by atoms with van der Waals surface area (Å²) in [4.78, 5) is 43.0. The number of methoxy groups -OCH3 is 1. The molecule has 2 N–H and O–H groups in total. The molecule has 1 aliphatic heterocycles. The van der Waals surface area contributed by atoms with Crippen LogP contribution in [0.25, 0.3) is 0 Å². The maximum Gasteiger partial charge on any atom is 0.330 e. The second kappa shape index (κ2) is 10.9. The highest BCUT2D eigenvalue weighted by Crippen LogP contribution is 2.48. The molecule has 0 saturated carbocycles. The van der Waals surface area contributed by atoms with Crippen LogP contribution in [0.15, 0.2) is 99.7 Å². The number of hydrogen-bond acceptors (Lipinski definition) is 6. The Bertz CT molecular complexity index is 1800. The van der Waals surface area contributed by atoms with E-state index in [1.807, 2.05) is 78.9 Å². The number of ketones is 1. The van der Waals surface area contributed by atoms with Gasteiger partial charge < -0.3 is 14.8 Å². The zero-order valence-electron chi connectivity index (χ0n) is 23.9. The molecule has 1 aliphatic carbocycles. The smallest absolute Gasteiger partial charge is 0.330 e. The van der Waals surface area contributed by atoms with Crippen LogP contribution >= 0.6 is 0 Å². The lowest BCUT2D eigenvalue weighted by Gasteiger charge is -2.39. The van der Waals surface area contributed by atoms with Crippen molar-refractivity contribution in [3.05, 3.63) is 133 Å². The average Bonchev–Trinajstić information content (AvgIpc) is 2.97. The fourth-order valence-corrected chi connectivity index (χ4v) is 6.03. The van der Waals surface area contributed by atoms with Gasteiger partial charge >= 0.3 is 5.69 Å². The van der Waals surface area contributed by atoms with Crippen molar-refractivity contribution in [3.8, 4) is 11.5 Å². The van der Waals surface area contributed by atoms with E-state index < -0.39 is 17.2 Å². The van der Waals surface area contributed by atoms with Crippen LogP contribution in [-0.2, 0) is 17.9 Å². The van der Waals surface area contributed by atoms with E-state index in [0.717, 1.165) is 16.8 Å². The quantitative estimate of drug-likeness (QED) is 0.313. The van der Waals surface area contributed by atoms with Gasteiger partial charge in [0.1, 0.15) is 12.4 Å². The molecule has 1 atom stereocenters. The molecule has 0 fully saturated rings. The Morgan fingerprint density at radius 1 is 0.881 bits per heavy atom. The molecule has 0 radical (unpaired) electrons. The highest BCUT2D eigenvalue weighted by Gasteiger charge is 2.43. The number of anilines is 1. The first-order valence-electron chi connectivity index (χ1n) is 14.0. The van der Waals surface area contributed by atoms with Crippen molar-refractivity contribution in [2.24, 2.45) is 5.41 Å². The third-order valence-electron chi connectivity index (χ3n) is 7.94. The summed E-state index contributed by atoms with van der Waals surface area (Å²) in [6.07, 6.45) is 0.960. The zero-order valence-corrected chi connectivity index (χ0v) is 23.9. The summed E-state index contributed by atoms with van der Waals surface area (Å²) in [5.41, 5.74) is 2.95. The Morgan fingerprint density at radius 3 is 2.26 bits per heavy atom. The third kappa shape index (κ3) is 5.16. The Balaban J connectivity index is 1.49. The van der Waals surface area contributed by atoms with Crippen molar-refractivity contribution in [1.29, 1.82) is 0 Å². The lowest BCUT2D eigenvalue weighted by Crippen LogP contribution is -2.42. The molecule has 0 spiro atoms. The number of fused-ring (bicyclic) bond motifs is 1. The van der Waals surface area contributed by atoms with Gasteiger partial charge in [0.05, 0.1) is 19.2 Å². The van der Waals surface area contributed by atoms with Crippen molar-refractivity contribution in [3.63, 3.8) is 0 Å². The van der Waals surface area contributed by atoms with Gasteiger partial charge in [-0.3, -0.25) is 19.1 Å². The zero-order chi connectivity index (χ0) is 29.4. The minimum atomic E-state index is -0.691. The minimum Gasteiger partial charge on any atom is -0.493 e. The predicted molar refractivity (Wildman–Crippen MR) is 161 cm³/mol. The number of aromatic nitrogens is 2. The molecule has 1 aromatic heterocycles. The second-order valence-electron chi connectivity index (χ2n) is 11.7. The number of carbonyl (C=O) groups excluding carboxylic acids is 1. The summed E-state index contributed by atoms with van der Waals surface area (Å²) < 4.78 is 13.3. The molecular formula is C34H33N3O5. The molecule has 4 aromatic rings. The van der Waals surface area contributed by atoms with Crippen LogP contribution < -0.4 is 26.0 Å². The van der Waals surface area contributed by atoms with Crippen LogP contribution in [0.5, 0.6) is 11.5 Å². The van der Waals surface area contributed by atoms with Gasteiger partial charge in [-0.1, -0.05) is 80.6 Å². The number of hydrogen-bond donors (Lipinski definition) is 2. The van der Waals surface area contributed by atoms with E-state index in [1.165, 1.54) is 0 Å². The Kier molecular flexibility index (Phi) is 7.06. The third-order valence-corrected chi connectivity index (χ3v) is 7.94. The van der Waals surface area contributed by atoms with Gasteiger partial charge in [0.25, 0.3) is 5.56 Å². The van der Waals surface area contributed by atoms with E-state index in [0.29, 0.717) is 53.5 Å². The average molecular weight is 564 g/mol. The van der Waals surface area contributed by atoms with Crippen LogP contribution in [0.2, 0.25) is 0 Å². The highest BCUT2D eigenvalue weighted by molar-refractivity contribution is 6.01. The van der Waals surface area contributed by atoms with Gasteiger partial charge in [-0.05, 0) is 40.7 Å². The van der Waals surface area contributed by atoms with E-state index in [9.17, 15) is 14.4 Å². The number of ether oxygens (including phenoxy) is 2. The lowest BCUT2D eigenvalue weighted by atomic mass is 9.69. The Hall–Kier alpha value is -4.85. The molecule has 2 heterocycles. The number of benzene rings is 3. The molecule has 0 unspecified atom stereocenters. The number of H-pyrrole nitrogens is 1. The molecule has 6 rings (SSSR count). The van der Waals surface area contributed by atoms with Crippen LogP contribution in [0, 0.1) is 5.41 Å². The van der Waals surface area contributed by atoms with Gasteiger partial charge in [0.15, 0.2) is 17.3 Å². The number of allylic oxidation sites excluding steroid dienone is 2. The fraction of sp³-hybridized carbons (Fsp3) is 0.265. The monoisotopic (exact) mass is 563 g/mol. The molecule has 0 amide bonds. The van der Waals surface area contributed by atoms with E-state index in [-0.39, 0.29) is 17.7 Å². The summed E-state index contributed by atoms with van der Waals surface area (Å²) in [6.45, 7) is 4.73. The fourth-order valence-electron chi connectivity index (χ4n) is 6.03. The van der Waals surface area contributed by atoms with E-state index in [1.54, 1.807) is 11.7 Å². The SMILES string of the molecule is COc1cc([C@H]2C3=C(CC(C)(C)CC3=O)Nc3c2c(=O)[nH]c(=O)n3Cc2ccccc2)ccc1OCc1ccccc1. The largest absolute Gasteiger partial charge is 0.493 e. The molecule has 8 heteroatoms. The van der Waals surface area contributed by atoms with Crippen LogP contribution in [0.3, 0.4) is 0 Å². The highest BCUT2D eigenvalue weighted by atomic mass is 16.5. The van der Waals surface area contributed by atoms with E-state index in [2.05, 4.69) is 24.1 Å². The number of rotatable bonds is 7. The first-order chi connectivity index (χ1) is 20.2. The normalized spacial score (nSPS) is 17.2. The number of carbonyl (C=O) groups is 1. The van der Waals surface area contributed by atoms with Gasteiger partial charge in [-0.2, -0.15) is 0 Å². The topological polar surface area (TPSA) is 102 Å². The van der Waals surface area contributed by atoms with Gasteiger partial charge in [0, 0.05) is 23.6 Å². The van der Waals surface area contributed by atoms with Crippen molar-refractivity contribution in [1.82, 2.24) is 9.55 Å². The summed E-state index contributed by atoms with van der Waals surface area (Å²) in [6, 6.07) is 24.9. The first kappa shape index (κ1) is 27.3. The summed E-state index contributed by atoms with van der Waals surface area (Å²) >= 11 is 0. The summed E-state index contributed by atoms with van der Waals surface area (Å²) in [5.74, 6) is 0.734. The predicted octanol–water partition coefficient (Wildman–Crippen LogP) is 5.37. The molecule has 214 valence electrons. The number of nitrogens with one attached hydrogen (secondary N) is 2. The summed E-state index contributed by atoms with van der Waals surface area (Å²) in [7, 11) is 1.56. The van der Waals surface area contributed by atoms with Gasteiger partial charge in [0.2, 0.25) is 0 Å². The molecule has 8 nitrogen and oxygen atoms in total. The minimum absolute atomic E-state index is 0.0204. The molecule has 0 bridgehead atoms. The molecule has 3 aromatic carbocycles. The Morgan fingerprint density at radius 2 is 1.57 bits per heavy atom. The number of Topliss-reactive ketones (excluding diaryl/α,β-unsaturated/α-hetero) is 1. The molecule has 2 aliphatic rings. The maximum absolute atomic E-state index is 13.7. The van der Waals surface area contributed by atoms with E-state index >= 15 is 0 Å². The lowest BCUT2D eigenvalue weighted by molar-refractivity contribution is -0.118. The van der Waals surface area contributed by atoms with Gasteiger partial charge in [-0.15, -0.1) is 0 Å². The first-order valence-corrected chi connectivity index (χ1v) is 14.0. The standard InChI is InChI=1S/C34H33N3O5/c1-34(2)17-24-29(25(38)18-34)28(23-14-15-26(27(16-23)41-3)42-20-22-12-8-5-9-13-22)30-31(35-24)37(33(40)36-32(30)39)19-21-10-6-4-7-11-21/h4-16,28,35H,17-20H2,1-3H3,(H,36,39,40)/t28-/m0/s1. The van der Waals surface area contributed by atoms with Crippen molar-refractivity contribution in [2.75, 3.05) is 12.4 Å². The molecular weight excluding hydrogens is 530 g/mol. The number of aromatic amines is 1. The van der Waals surface area contributed by atoms with E-state index in [4.69, 9.17) is 9.47 Å². The molecule has 42 heavy (non-hydrogen) atoms. The van der Waals surface area contributed by atoms with Crippen LogP contribution in [0.4, 0.5) is 5.82 Å². The van der Waals surface area contributed by atoms with Crippen molar-refractivity contribution >= 4 is 11.6 Å². The number of nitrogens with zero attached hydrogens (tertiary/aromatic N) is 1. The summed E-state index contributed by atoms with van der Waals surface area (Å²) in [5, 5.41) is 3.38. The van der Waals surface area contributed by atoms with Crippen LogP contribution in [-0.4, -0.2) is 22.4 Å². The maximum atomic E-state index is 13.7. The molecule has 0 saturated heterocycles. The Labute approximate surface area is 243 Å². The van der Waals surface area contributed by atoms with Crippen molar-refractivity contribution in [2.45, 2.75) is 45.8 Å². The second-order valence-corrected chi connectivity index (χ2v) is 11.7. The van der Waals surface area contributed by atoms with Crippen molar-refractivity contribution < 1.29 is 14.3 Å².